The average Bonchev–Trinajstić information content (AvgIpc) is 1.31. The number of hydrogen-bond acceptors (Lipinski definition) is 2. The fourth-order valence-corrected chi connectivity index (χ4v) is 0. The zero-order valence-corrected chi connectivity index (χ0v) is 6.13. The van der Waals surface area contributed by atoms with Crippen molar-refractivity contribution < 1.29 is 5.11 Å². The minimum atomic E-state index is -0.750. The molecule has 0 saturated carbocycles. The minimum Gasteiger partial charge on any atom is -0.373 e. The topological polar surface area (TPSA) is 23.5 Å². The molecule has 0 radical (unpaired) electrons. The molecule has 7 heavy (non-hydrogen) atoms. The Morgan fingerprint density at radius 1 is 1.57 bits per heavy atom. The van der Waals surface area contributed by atoms with Gasteiger partial charge in [0, 0.05) is 0 Å². The van der Waals surface area contributed by atoms with Crippen LogP contribution in [0.25, 0.3) is 0 Å². The van der Waals surface area contributed by atoms with Crippen molar-refractivity contribution in [3.63, 3.8) is 0 Å². The molecule has 0 amide bonds. The summed E-state index contributed by atoms with van der Waals surface area (Å²) in [6.07, 6.45) is 0. The van der Waals surface area contributed by atoms with Gasteiger partial charge in [0.05, 0.1) is 0 Å². The van der Waals surface area contributed by atoms with Gasteiger partial charge < -0.3 is 5.11 Å². The van der Waals surface area contributed by atoms with Gasteiger partial charge in [0.25, 0.3) is 0 Å². The van der Waals surface area contributed by atoms with Gasteiger partial charge in [0.2, 0.25) is 0 Å². The lowest BCUT2D eigenvalue weighted by molar-refractivity contribution is 0.0209. The third kappa shape index (κ3) is 2.98. The van der Waals surface area contributed by atoms with Crippen molar-refractivity contribution in [2.45, 2.75) is 12.4 Å². The molecule has 0 aliphatic carbocycles. The molecule has 0 heterocycles. The molecule has 0 aliphatic heterocycles. The van der Waals surface area contributed by atoms with Gasteiger partial charge in [-0.2, -0.15) is 0 Å². The highest BCUT2D eigenvalue weighted by Crippen LogP contribution is 2.13. The van der Waals surface area contributed by atoms with Crippen LogP contribution in [-0.2, 0) is 0 Å². The molecular weight excluding hydrogens is 109 g/mol. The molecule has 0 fully saturated rings. The van der Waals surface area contributed by atoms with E-state index in [9.17, 15) is 0 Å². The number of nitrogens with zero attached hydrogens (tertiary/aromatic N) is 1. The van der Waals surface area contributed by atoms with Crippen LogP contribution in [0.4, 0.5) is 0 Å². The van der Waals surface area contributed by atoms with Gasteiger partial charge in [-0.3, -0.25) is 4.90 Å². The van der Waals surface area contributed by atoms with Crippen LogP contribution >= 0.6 is 9.24 Å². The van der Waals surface area contributed by atoms with Gasteiger partial charge in [-0.15, -0.1) is 0 Å². The molecule has 1 N–H and O–H groups in total. The lowest BCUT2D eigenvalue weighted by Gasteiger charge is -2.25. The number of aliphatic hydroxyl groups is 1. The Morgan fingerprint density at radius 3 is 1.71 bits per heavy atom. The molecule has 2 unspecified atom stereocenters. The van der Waals surface area contributed by atoms with E-state index in [0.29, 0.717) is 0 Å². The van der Waals surface area contributed by atoms with Crippen LogP contribution in [0.3, 0.4) is 0 Å². The maximum atomic E-state index is 8.98. The molecule has 2 atom stereocenters. The minimum absolute atomic E-state index is 0.750. The van der Waals surface area contributed by atoms with Crippen LogP contribution in [0, 0.1) is 0 Å². The maximum absolute atomic E-state index is 8.98. The normalized spacial score (nSPS) is 19.7. The van der Waals surface area contributed by atoms with Crippen molar-refractivity contribution in [3.8, 4) is 0 Å². The fourth-order valence-electron chi connectivity index (χ4n) is 0. The lowest BCUT2D eigenvalue weighted by Crippen LogP contribution is -2.33. The highest BCUT2D eigenvalue weighted by Gasteiger charge is 2.13. The first-order valence-electron chi connectivity index (χ1n) is 2.13. The van der Waals surface area contributed by atoms with Gasteiger partial charge in [-0.05, 0) is 21.0 Å². The first-order valence-corrected chi connectivity index (χ1v) is 2.71. The molecule has 2 nitrogen and oxygen atoms in total. The molecule has 44 valence electrons. The average molecular weight is 121 g/mol. The number of rotatable bonds is 1. The Bertz CT molecular complexity index is 57.2. The SMILES string of the molecule is CN(C)C(C)(O)P. The van der Waals surface area contributed by atoms with Gasteiger partial charge in [-0.1, -0.05) is 9.24 Å². The van der Waals surface area contributed by atoms with Crippen molar-refractivity contribution in [3.05, 3.63) is 0 Å². The van der Waals surface area contributed by atoms with Crippen molar-refractivity contribution >= 4 is 9.24 Å². The standard InChI is InChI=1S/C4H12NOP/c1-4(6,7)5(2)3/h6H,7H2,1-3H3. The van der Waals surface area contributed by atoms with Crippen molar-refractivity contribution in [2.75, 3.05) is 14.1 Å². The van der Waals surface area contributed by atoms with Gasteiger partial charge in [-0.25, -0.2) is 0 Å². The fraction of sp³-hybridized carbons (Fsp3) is 1.00. The Balaban J connectivity index is 3.54. The zero-order chi connectivity index (χ0) is 6.08. The highest BCUT2D eigenvalue weighted by atomic mass is 31.0. The first-order chi connectivity index (χ1) is 2.94. The van der Waals surface area contributed by atoms with Gasteiger partial charge in [0.15, 0.2) is 0 Å². The van der Waals surface area contributed by atoms with Crippen LogP contribution in [0.5, 0.6) is 0 Å². The van der Waals surface area contributed by atoms with E-state index in [4.69, 9.17) is 5.11 Å². The second-order valence-electron chi connectivity index (χ2n) is 1.99. The van der Waals surface area contributed by atoms with E-state index < -0.39 is 5.47 Å². The van der Waals surface area contributed by atoms with E-state index in [2.05, 4.69) is 9.24 Å². The molecule has 0 aromatic carbocycles. The molecular formula is C4H12NOP. The predicted molar refractivity (Wildman–Crippen MR) is 34.0 cm³/mol. The molecule has 0 aromatic rings. The molecule has 0 rings (SSSR count). The van der Waals surface area contributed by atoms with Crippen molar-refractivity contribution in [2.24, 2.45) is 0 Å². The molecule has 0 aromatic heterocycles. The van der Waals surface area contributed by atoms with E-state index in [1.54, 1.807) is 11.8 Å². The smallest absolute Gasteiger partial charge is 0.128 e. The third-order valence-corrected chi connectivity index (χ3v) is 1.42. The van der Waals surface area contributed by atoms with Gasteiger partial charge >= 0.3 is 0 Å². The largest absolute Gasteiger partial charge is 0.373 e. The molecule has 3 heteroatoms. The molecule has 0 spiro atoms. The van der Waals surface area contributed by atoms with E-state index >= 15 is 0 Å². The van der Waals surface area contributed by atoms with Crippen LogP contribution in [0.15, 0.2) is 0 Å². The van der Waals surface area contributed by atoms with Crippen LogP contribution in [-0.4, -0.2) is 29.6 Å². The van der Waals surface area contributed by atoms with Crippen molar-refractivity contribution in [1.29, 1.82) is 0 Å². The Kier molecular flexibility index (Phi) is 2.18. The van der Waals surface area contributed by atoms with Gasteiger partial charge in [0.1, 0.15) is 5.47 Å². The molecule has 0 aliphatic rings. The van der Waals surface area contributed by atoms with Crippen molar-refractivity contribution in [1.82, 2.24) is 4.90 Å². The van der Waals surface area contributed by atoms with Crippen LogP contribution in [0.1, 0.15) is 6.92 Å². The second kappa shape index (κ2) is 2.08. The van der Waals surface area contributed by atoms with E-state index in [-0.39, 0.29) is 0 Å². The number of hydrogen-bond donors (Lipinski definition) is 1. The monoisotopic (exact) mass is 121 g/mol. The lowest BCUT2D eigenvalue weighted by atomic mass is 10.6. The van der Waals surface area contributed by atoms with Crippen LogP contribution < -0.4 is 0 Å². The summed E-state index contributed by atoms with van der Waals surface area (Å²) in [5.41, 5.74) is -0.750. The first kappa shape index (κ1) is 7.35. The Morgan fingerprint density at radius 2 is 1.71 bits per heavy atom. The summed E-state index contributed by atoms with van der Waals surface area (Å²) in [5, 5.41) is 8.98. The van der Waals surface area contributed by atoms with E-state index in [0.717, 1.165) is 0 Å². The predicted octanol–water partition coefficient (Wildman–Crippen LogP) is 0.0891. The summed E-state index contributed by atoms with van der Waals surface area (Å²) < 4.78 is 0. The summed E-state index contributed by atoms with van der Waals surface area (Å²) in [4.78, 5) is 1.71. The van der Waals surface area contributed by atoms with E-state index in [1.165, 1.54) is 0 Å². The Hall–Kier alpha value is 0.350. The summed E-state index contributed by atoms with van der Waals surface area (Å²) in [6.45, 7) is 1.71. The summed E-state index contributed by atoms with van der Waals surface area (Å²) in [5.74, 6) is 0. The summed E-state index contributed by atoms with van der Waals surface area (Å²) in [7, 11) is 5.94. The van der Waals surface area contributed by atoms with E-state index in [1.807, 2.05) is 14.1 Å². The summed E-state index contributed by atoms with van der Waals surface area (Å²) >= 11 is 0. The van der Waals surface area contributed by atoms with Crippen LogP contribution in [0.2, 0.25) is 0 Å². The summed E-state index contributed by atoms with van der Waals surface area (Å²) in [6, 6.07) is 0. The molecule has 0 bridgehead atoms. The Labute approximate surface area is 46.7 Å². The highest BCUT2D eigenvalue weighted by molar-refractivity contribution is 7.18. The zero-order valence-electron chi connectivity index (χ0n) is 4.97. The quantitative estimate of drug-likeness (QED) is 0.392. The third-order valence-electron chi connectivity index (χ3n) is 0.905. The second-order valence-corrected chi connectivity index (χ2v) is 3.08. The molecule has 0 saturated heterocycles. The maximum Gasteiger partial charge on any atom is 0.128 e.